The zero-order valence-electron chi connectivity index (χ0n) is 11.7. The van der Waals surface area contributed by atoms with Crippen LogP contribution in [-0.4, -0.2) is 38.4 Å². The summed E-state index contributed by atoms with van der Waals surface area (Å²) in [5.41, 5.74) is 1.01. The number of ether oxygens (including phenoxy) is 1. The van der Waals surface area contributed by atoms with Gasteiger partial charge in [0, 0.05) is 12.6 Å². The standard InChI is InChI=1S/C14H19NO4S/c1-11-5-7-13(8-6-11)20(17,18)15-9-3-4-12(15)10-14(16)19-2/h5-8,12H,3-4,9-10H2,1-2H3/t12-/m0/s1. The first-order chi connectivity index (χ1) is 9.45. The molecule has 0 saturated carbocycles. The quantitative estimate of drug-likeness (QED) is 0.794. The van der Waals surface area contributed by atoms with Crippen molar-refractivity contribution in [1.29, 1.82) is 0 Å². The molecule has 1 aliphatic heterocycles. The lowest BCUT2D eigenvalue weighted by atomic mass is 10.2. The normalized spacial score (nSPS) is 20.0. The lowest BCUT2D eigenvalue weighted by Crippen LogP contribution is -2.37. The molecule has 20 heavy (non-hydrogen) atoms. The van der Waals surface area contributed by atoms with Gasteiger partial charge in [-0.15, -0.1) is 0 Å². The fourth-order valence-corrected chi connectivity index (χ4v) is 4.14. The molecule has 0 aromatic heterocycles. The minimum absolute atomic E-state index is 0.113. The Balaban J connectivity index is 2.24. The molecule has 1 saturated heterocycles. The molecular formula is C14H19NO4S. The van der Waals surface area contributed by atoms with Gasteiger partial charge in [-0.25, -0.2) is 8.42 Å². The van der Waals surface area contributed by atoms with Gasteiger partial charge in [-0.1, -0.05) is 17.7 Å². The van der Waals surface area contributed by atoms with Gasteiger partial charge in [0.1, 0.15) is 0 Å². The van der Waals surface area contributed by atoms with E-state index in [0.717, 1.165) is 12.0 Å². The van der Waals surface area contributed by atoms with E-state index in [1.165, 1.54) is 11.4 Å². The van der Waals surface area contributed by atoms with Crippen LogP contribution in [0.1, 0.15) is 24.8 Å². The van der Waals surface area contributed by atoms with Crippen LogP contribution in [0.5, 0.6) is 0 Å². The Morgan fingerprint density at radius 2 is 2.00 bits per heavy atom. The molecule has 0 spiro atoms. The molecule has 0 bridgehead atoms. The summed E-state index contributed by atoms with van der Waals surface area (Å²) in [5, 5.41) is 0. The number of methoxy groups -OCH3 is 1. The smallest absolute Gasteiger partial charge is 0.307 e. The third-order valence-electron chi connectivity index (χ3n) is 3.58. The molecule has 1 aromatic rings. The van der Waals surface area contributed by atoms with E-state index in [-0.39, 0.29) is 23.3 Å². The molecule has 0 radical (unpaired) electrons. The summed E-state index contributed by atoms with van der Waals surface area (Å²) in [7, 11) is -2.22. The number of carbonyl (C=O) groups excluding carboxylic acids is 1. The van der Waals surface area contributed by atoms with Crippen LogP contribution in [0.4, 0.5) is 0 Å². The number of esters is 1. The average Bonchev–Trinajstić information content (AvgIpc) is 2.88. The van der Waals surface area contributed by atoms with Gasteiger partial charge < -0.3 is 4.74 Å². The van der Waals surface area contributed by atoms with Gasteiger partial charge in [0.15, 0.2) is 0 Å². The number of benzene rings is 1. The second kappa shape index (κ2) is 5.93. The highest BCUT2D eigenvalue weighted by Crippen LogP contribution is 2.28. The second-order valence-electron chi connectivity index (χ2n) is 5.01. The van der Waals surface area contributed by atoms with Crippen molar-refractivity contribution in [3.05, 3.63) is 29.8 Å². The van der Waals surface area contributed by atoms with Crippen molar-refractivity contribution in [3.63, 3.8) is 0 Å². The minimum Gasteiger partial charge on any atom is -0.469 e. The number of sulfonamides is 1. The summed E-state index contributed by atoms with van der Waals surface area (Å²) in [4.78, 5) is 11.7. The van der Waals surface area contributed by atoms with Crippen LogP contribution in [0, 0.1) is 6.92 Å². The Bertz CT molecular complexity index is 580. The van der Waals surface area contributed by atoms with E-state index in [2.05, 4.69) is 4.74 Å². The number of hydrogen-bond donors (Lipinski definition) is 0. The Kier molecular flexibility index (Phi) is 4.45. The van der Waals surface area contributed by atoms with Gasteiger partial charge >= 0.3 is 5.97 Å². The van der Waals surface area contributed by atoms with Crippen LogP contribution >= 0.6 is 0 Å². The Hall–Kier alpha value is -1.40. The molecule has 1 aliphatic rings. The fourth-order valence-electron chi connectivity index (χ4n) is 2.45. The lowest BCUT2D eigenvalue weighted by Gasteiger charge is -2.23. The van der Waals surface area contributed by atoms with Crippen molar-refractivity contribution < 1.29 is 17.9 Å². The lowest BCUT2D eigenvalue weighted by molar-refractivity contribution is -0.141. The summed E-state index contributed by atoms with van der Waals surface area (Å²) < 4.78 is 31.3. The summed E-state index contributed by atoms with van der Waals surface area (Å²) in [6.07, 6.45) is 1.58. The molecular weight excluding hydrogens is 278 g/mol. The zero-order chi connectivity index (χ0) is 14.8. The van der Waals surface area contributed by atoms with E-state index in [9.17, 15) is 13.2 Å². The van der Waals surface area contributed by atoms with Crippen molar-refractivity contribution in [1.82, 2.24) is 4.31 Å². The molecule has 1 fully saturated rings. The van der Waals surface area contributed by atoms with E-state index in [4.69, 9.17) is 0 Å². The van der Waals surface area contributed by atoms with E-state index in [1.807, 2.05) is 6.92 Å². The first-order valence-electron chi connectivity index (χ1n) is 6.60. The average molecular weight is 297 g/mol. The Morgan fingerprint density at radius 3 is 2.60 bits per heavy atom. The van der Waals surface area contributed by atoms with Gasteiger partial charge in [-0.05, 0) is 31.9 Å². The van der Waals surface area contributed by atoms with Gasteiger partial charge in [-0.3, -0.25) is 4.79 Å². The Labute approximate surface area is 119 Å². The zero-order valence-corrected chi connectivity index (χ0v) is 12.5. The van der Waals surface area contributed by atoms with E-state index < -0.39 is 10.0 Å². The van der Waals surface area contributed by atoms with Gasteiger partial charge in [0.2, 0.25) is 10.0 Å². The minimum atomic E-state index is -3.53. The highest BCUT2D eigenvalue weighted by atomic mass is 32.2. The summed E-state index contributed by atoms with van der Waals surface area (Å²) >= 11 is 0. The molecule has 0 amide bonds. The van der Waals surface area contributed by atoms with Crippen molar-refractivity contribution in [2.45, 2.75) is 37.1 Å². The molecule has 1 aromatic carbocycles. The van der Waals surface area contributed by atoms with Crippen LogP contribution in [0.25, 0.3) is 0 Å². The maximum atomic E-state index is 12.6. The molecule has 5 nitrogen and oxygen atoms in total. The summed E-state index contributed by atoms with van der Waals surface area (Å²) in [5.74, 6) is -0.374. The molecule has 1 atom stereocenters. The Morgan fingerprint density at radius 1 is 1.35 bits per heavy atom. The summed E-state index contributed by atoms with van der Waals surface area (Å²) in [6.45, 7) is 2.37. The topological polar surface area (TPSA) is 63.7 Å². The van der Waals surface area contributed by atoms with Crippen LogP contribution in [0.2, 0.25) is 0 Å². The van der Waals surface area contributed by atoms with Gasteiger partial charge in [0.25, 0.3) is 0 Å². The molecule has 0 unspecified atom stereocenters. The van der Waals surface area contributed by atoms with E-state index in [0.29, 0.717) is 13.0 Å². The SMILES string of the molecule is COC(=O)C[C@@H]1CCCN1S(=O)(=O)c1ccc(C)cc1. The highest BCUT2D eigenvalue weighted by Gasteiger charge is 2.36. The number of hydrogen-bond acceptors (Lipinski definition) is 4. The van der Waals surface area contributed by atoms with Crippen LogP contribution in [0.3, 0.4) is 0 Å². The third kappa shape index (κ3) is 3.02. The van der Waals surface area contributed by atoms with Crippen LogP contribution < -0.4 is 0 Å². The van der Waals surface area contributed by atoms with E-state index in [1.54, 1.807) is 24.3 Å². The number of nitrogens with zero attached hydrogens (tertiary/aromatic N) is 1. The van der Waals surface area contributed by atoms with Crippen molar-refractivity contribution in [2.75, 3.05) is 13.7 Å². The van der Waals surface area contributed by atoms with Gasteiger partial charge in [0.05, 0.1) is 18.4 Å². The van der Waals surface area contributed by atoms with Crippen molar-refractivity contribution in [3.8, 4) is 0 Å². The third-order valence-corrected chi connectivity index (χ3v) is 5.55. The van der Waals surface area contributed by atoms with Crippen LogP contribution in [0.15, 0.2) is 29.2 Å². The predicted molar refractivity (Wildman–Crippen MR) is 74.7 cm³/mol. The maximum absolute atomic E-state index is 12.6. The largest absolute Gasteiger partial charge is 0.469 e. The molecule has 2 rings (SSSR count). The number of carbonyl (C=O) groups is 1. The molecule has 1 heterocycles. The van der Waals surface area contributed by atoms with Crippen molar-refractivity contribution >= 4 is 16.0 Å². The van der Waals surface area contributed by atoms with E-state index >= 15 is 0 Å². The maximum Gasteiger partial charge on any atom is 0.307 e. The summed E-state index contributed by atoms with van der Waals surface area (Å²) in [6, 6.07) is 6.47. The molecule has 110 valence electrons. The molecule has 0 N–H and O–H groups in total. The van der Waals surface area contributed by atoms with Gasteiger partial charge in [-0.2, -0.15) is 4.31 Å². The predicted octanol–water partition coefficient (Wildman–Crippen LogP) is 1.71. The molecule has 0 aliphatic carbocycles. The fraction of sp³-hybridized carbons (Fsp3) is 0.500. The first-order valence-corrected chi connectivity index (χ1v) is 8.04. The first kappa shape index (κ1) is 15.0. The highest BCUT2D eigenvalue weighted by molar-refractivity contribution is 7.89. The monoisotopic (exact) mass is 297 g/mol. The number of rotatable bonds is 4. The number of aryl methyl sites for hydroxylation is 1. The van der Waals surface area contributed by atoms with Crippen molar-refractivity contribution in [2.24, 2.45) is 0 Å². The second-order valence-corrected chi connectivity index (χ2v) is 6.90. The molecule has 6 heteroatoms. The van der Waals surface area contributed by atoms with Crippen LogP contribution in [-0.2, 0) is 19.6 Å².